The number of hydrogen-bond donors (Lipinski definition) is 2. The van der Waals surface area contributed by atoms with Crippen molar-refractivity contribution in [2.24, 2.45) is 11.3 Å². The number of rotatable bonds is 5. The van der Waals surface area contributed by atoms with Crippen molar-refractivity contribution in [3.8, 4) is 0 Å². The van der Waals surface area contributed by atoms with Crippen LogP contribution < -0.4 is 11.4 Å². The Hall–Kier alpha value is -2.15. The van der Waals surface area contributed by atoms with E-state index in [2.05, 4.69) is 4.98 Å². The molecule has 0 aliphatic heterocycles. The van der Waals surface area contributed by atoms with Gasteiger partial charge in [-0.2, -0.15) is 4.98 Å². The van der Waals surface area contributed by atoms with Gasteiger partial charge in [-0.25, -0.2) is 4.79 Å². The van der Waals surface area contributed by atoms with Crippen molar-refractivity contribution >= 4 is 18.0 Å². The minimum absolute atomic E-state index is 0.115. The van der Waals surface area contributed by atoms with Crippen molar-refractivity contribution in [2.75, 3.05) is 18.9 Å². The summed E-state index contributed by atoms with van der Waals surface area (Å²) in [5.74, 6) is -0.360. The molecule has 114 valence electrons. The van der Waals surface area contributed by atoms with E-state index < -0.39 is 11.1 Å². The molecular weight excluding hydrogens is 274 g/mol. The first kappa shape index (κ1) is 15.2. The SMILES string of the molecule is CC(C)C(=O)OCC1(CO)CC1=Cn1ccc(N)nc1=O. The zero-order valence-electron chi connectivity index (χ0n) is 12.1. The highest BCUT2D eigenvalue weighted by Crippen LogP contribution is 2.52. The number of nitrogens with zero attached hydrogens (tertiary/aromatic N) is 2. The van der Waals surface area contributed by atoms with Gasteiger partial charge in [0.2, 0.25) is 0 Å². The van der Waals surface area contributed by atoms with Gasteiger partial charge in [0.15, 0.2) is 0 Å². The Labute approximate surface area is 122 Å². The summed E-state index contributed by atoms with van der Waals surface area (Å²) in [6.07, 6.45) is 3.69. The second-order valence-corrected chi connectivity index (χ2v) is 5.57. The summed E-state index contributed by atoms with van der Waals surface area (Å²) in [7, 11) is 0. The zero-order valence-corrected chi connectivity index (χ0v) is 12.1. The Bertz CT molecular complexity index is 635. The van der Waals surface area contributed by atoms with Gasteiger partial charge in [0, 0.05) is 12.4 Å². The van der Waals surface area contributed by atoms with Crippen LogP contribution in [0.2, 0.25) is 0 Å². The van der Waals surface area contributed by atoms with Crippen molar-refractivity contribution < 1.29 is 14.6 Å². The monoisotopic (exact) mass is 293 g/mol. The van der Waals surface area contributed by atoms with Gasteiger partial charge < -0.3 is 15.6 Å². The van der Waals surface area contributed by atoms with Crippen LogP contribution in [-0.4, -0.2) is 33.8 Å². The Morgan fingerprint density at radius 2 is 2.38 bits per heavy atom. The van der Waals surface area contributed by atoms with Gasteiger partial charge in [0.25, 0.3) is 0 Å². The highest BCUT2D eigenvalue weighted by molar-refractivity contribution is 5.71. The van der Waals surface area contributed by atoms with Gasteiger partial charge >= 0.3 is 11.7 Å². The van der Waals surface area contributed by atoms with Crippen LogP contribution in [0.1, 0.15) is 20.3 Å². The maximum atomic E-state index is 11.6. The summed E-state index contributed by atoms with van der Waals surface area (Å²) in [4.78, 5) is 26.7. The number of carbonyl (C=O) groups excluding carboxylic acids is 1. The maximum absolute atomic E-state index is 11.6. The summed E-state index contributed by atoms with van der Waals surface area (Å²) < 4.78 is 6.48. The number of esters is 1. The molecule has 1 aliphatic rings. The molecule has 1 aromatic rings. The van der Waals surface area contributed by atoms with E-state index in [0.29, 0.717) is 6.42 Å². The van der Waals surface area contributed by atoms with Crippen LogP contribution in [0.5, 0.6) is 0 Å². The van der Waals surface area contributed by atoms with E-state index >= 15 is 0 Å². The molecule has 3 N–H and O–H groups in total. The first-order valence-electron chi connectivity index (χ1n) is 6.71. The molecule has 21 heavy (non-hydrogen) atoms. The highest BCUT2D eigenvalue weighted by Gasteiger charge is 2.50. The predicted octanol–water partition coefficient (Wildman–Crippen LogP) is 0.248. The molecule has 7 heteroatoms. The summed E-state index contributed by atoms with van der Waals surface area (Å²) in [6.45, 7) is 3.47. The van der Waals surface area contributed by atoms with E-state index in [9.17, 15) is 14.7 Å². The average molecular weight is 293 g/mol. The molecule has 1 aliphatic carbocycles. The molecule has 0 bridgehead atoms. The van der Waals surface area contributed by atoms with E-state index in [1.807, 2.05) is 0 Å². The maximum Gasteiger partial charge on any atom is 0.353 e. The van der Waals surface area contributed by atoms with E-state index in [4.69, 9.17) is 10.5 Å². The number of aromatic nitrogens is 2. The van der Waals surface area contributed by atoms with E-state index in [1.165, 1.54) is 16.8 Å². The summed E-state index contributed by atoms with van der Waals surface area (Å²) in [6, 6.07) is 1.51. The number of aliphatic hydroxyl groups excluding tert-OH is 1. The van der Waals surface area contributed by atoms with Gasteiger partial charge in [-0.15, -0.1) is 0 Å². The molecule has 0 amide bonds. The summed E-state index contributed by atoms with van der Waals surface area (Å²) >= 11 is 0. The van der Waals surface area contributed by atoms with Crippen LogP contribution in [-0.2, 0) is 9.53 Å². The Morgan fingerprint density at radius 1 is 1.67 bits per heavy atom. The third-order valence-electron chi connectivity index (χ3n) is 3.50. The van der Waals surface area contributed by atoms with Gasteiger partial charge in [-0.3, -0.25) is 9.36 Å². The first-order valence-corrected chi connectivity index (χ1v) is 6.71. The molecule has 1 fully saturated rings. The lowest BCUT2D eigenvalue weighted by Crippen LogP contribution is -2.22. The molecule has 0 saturated heterocycles. The Kier molecular flexibility index (Phi) is 4.13. The molecule has 0 radical (unpaired) electrons. The minimum atomic E-state index is -0.578. The molecule has 1 saturated carbocycles. The van der Waals surface area contributed by atoms with Crippen LogP contribution in [0.3, 0.4) is 0 Å². The normalized spacial score (nSPS) is 22.6. The number of hydrogen-bond acceptors (Lipinski definition) is 6. The van der Waals surface area contributed by atoms with Crippen molar-refractivity contribution in [3.63, 3.8) is 0 Å². The van der Waals surface area contributed by atoms with Crippen molar-refractivity contribution in [1.82, 2.24) is 9.55 Å². The Morgan fingerprint density at radius 3 is 2.95 bits per heavy atom. The summed E-state index contributed by atoms with van der Waals surface area (Å²) in [5.41, 5.74) is 5.20. The number of nitrogen functional groups attached to an aromatic ring is 1. The topological polar surface area (TPSA) is 107 Å². The average Bonchev–Trinajstić information content (AvgIpc) is 3.13. The van der Waals surface area contributed by atoms with Crippen LogP contribution in [0, 0.1) is 11.3 Å². The second-order valence-electron chi connectivity index (χ2n) is 5.57. The third-order valence-corrected chi connectivity index (χ3v) is 3.50. The fourth-order valence-electron chi connectivity index (χ4n) is 1.92. The molecule has 1 atom stereocenters. The fraction of sp³-hybridized carbons (Fsp3) is 0.500. The van der Waals surface area contributed by atoms with Crippen molar-refractivity contribution in [1.29, 1.82) is 0 Å². The lowest BCUT2D eigenvalue weighted by atomic mass is 10.1. The number of ether oxygens (including phenoxy) is 1. The molecular formula is C14H19N3O4. The molecule has 7 nitrogen and oxygen atoms in total. The molecule has 0 spiro atoms. The van der Waals surface area contributed by atoms with Crippen LogP contribution in [0.4, 0.5) is 5.82 Å². The van der Waals surface area contributed by atoms with E-state index in [0.717, 1.165) is 5.57 Å². The van der Waals surface area contributed by atoms with Crippen molar-refractivity contribution in [2.45, 2.75) is 20.3 Å². The number of carbonyl (C=O) groups is 1. The second kappa shape index (κ2) is 5.69. The van der Waals surface area contributed by atoms with Gasteiger partial charge in [-0.1, -0.05) is 13.8 Å². The molecule has 1 aromatic heterocycles. The van der Waals surface area contributed by atoms with Gasteiger partial charge in [0.05, 0.1) is 17.9 Å². The highest BCUT2D eigenvalue weighted by atomic mass is 16.5. The summed E-state index contributed by atoms with van der Waals surface area (Å²) in [5, 5.41) is 9.51. The molecule has 2 rings (SSSR count). The van der Waals surface area contributed by atoms with Crippen LogP contribution in [0.15, 0.2) is 22.6 Å². The molecule has 1 unspecified atom stereocenters. The van der Waals surface area contributed by atoms with Crippen LogP contribution in [0.25, 0.3) is 6.20 Å². The zero-order chi connectivity index (χ0) is 15.6. The quantitative estimate of drug-likeness (QED) is 0.753. The lowest BCUT2D eigenvalue weighted by molar-refractivity contribution is -0.149. The van der Waals surface area contributed by atoms with E-state index in [-0.39, 0.29) is 30.9 Å². The minimum Gasteiger partial charge on any atom is -0.464 e. The third kappa shape index (κ3) is 3.30. The number of aliphatic hydroxyl groups is 1. The smallest absolute Gasteiger partial charge is 0.353 e. The van der Waals surface area contributed by atoms with Crippen LogP contribution >= 0.6 is 0 Å². The van der Waals surface area contributed by atoms with E-state index in [1.54, 1.807) is 20.0 Å². The predicted molar refractivity (Wildman–Crippen MR) is 77.1 cm³/mol. The fourth-order valence-corrected chi connectivity index (χ4v) is 1.92. The standard InChI is InChI=1S/C14H19N3O4/c1-9(2)12(19)21-8-14(7-18)5-10(14)6-17-4-3-11(15)16-13(17)20/h3-4,6,9,18H,5,7-8H2,1-2H3,(H2,15,16,20). The number of anilines is 1. The Balaban J connectivity index is 2.10. The number of nitrogens with two attached hydrogens (primary N) is 1. The first-order chi connectivity index (χ1) is 9.88. The van der Waals surface area contributed by atoms with Crippen molar-refractivity contribution in [3.05, 3.63) is 28.3 Å². The largest absolute Gasteiger partial charge is 0.464 e. The van der Waals surface area contributed by atoms with Gasteiger partial charge in [-0.05, 0) is 18.1 Å². The molecule has 0 aromatic carbocycles. The van der Waals surface area contributed by atoms with Gasteiger partial charge in [0.1, 0.15) is 12.4 Å². The lowest BCUT2D eigenvalue weighted by Gasteiger charge is -2.13. The molecule has 1 heterocycles.